The number of hydrogen-bond acceptors (Lipinski definition) is 0. The van der Waals surface area contributed by atoms with Crippen LogP contribution in [0.15, 0.2) is 107 Å². The van der Waals surface area contributed by atoms with Crippen LogP contribution < -0.4 is 10.4 Å². The van der Waals surface area contributed by atoms with Crippen molar-refractivity contribution in [2.24, 2.45) is 0 Å². The zero-order valence-electron chi connectivity index (χ0n) is 18.6. The molecule has 0 aliphatic rings. The molecule has 0 spiro atoms. The van der Waals surface area contributed by atoms with Crippen LogP contribution in [0.5, 0.6) is 0 Å². The topological polar surface area (TPSA) is 15.8 Å². The molecule has 0 radical (unpaired) electrons. The van der Waals surface area contributed by atoms with Crippen LogP contribution in [0.2, 0.25) is 13.1 Å². The Labute approximate surface area is 187 Å². The lowest BCUT2D eigenvalue weighted by Gasteiger charge is -2.32. The minimum Gasteiger partial charge on any atom is -0.354 e. The fourth-order valence-corrected chi connectivity index (χ4v) is 8.81. The van der Waals surface area contributed by atoms with Gasteiger partial charge in [-0.15, -0.1) is 0 Å². The summed E-state index contributed by atoms with van der Waals surface area (Å²) in [5, 5.41) is 5.57. The van der Waals surface area contributed by atoms with Crippen LogP contribution >= 0.6 is 10.0 Å². The van der Waals surface area contributed by atoms with Gasteiger partial charge in [0.1, 0.15) is 8.07 Å². The molecule has 0 aliphatic heterocycles. The molecule has 156 valence electrons. The third-order valence-corrected chi connectivity index (χ3v) is 13.1. The van der Waals surface area contributed by atoms with Crippen LogP contribution in [0.1, 0.15) is 0 Å². The van der Waals surface area contributed by atoms with E-state index in [4.69, 9.17) is 0 Å². The van der Waals surface area contributed by atoms with Gasteiger partial charge in [0.25, 0.3) is 0 Å². The van der Waals surface area contributed by atoms with E-state index >= 15 is 0 Å². The van der Waals surface area contributed by atoms with E-state index in [1.54, 1.807) is 0 Å². The third-order valence-electron chi connectivity index (χ3n) is 6.71. The number of nitrogens with one attached hydrogen (secondary N) is 1. The van der Waals surface area contributed by atoms with E-state index in [2.05, 4.69) is 128 Å². The summed E-state index contributed by atoms with van der Waals surface area (Å²) >= 11 is 0. The van der Waals surface area contributed by atoms with E-state index in [1.165, 1.54) is 42.0 Å². The van der Waals surface area contributed by atoms with Crippen molar-refractivity contribution in [1.29, 1.82) is 0 Å². The predicted molar refractivity (Wildman–Crippen MR) is 141 cm³/mol. The van der Waals surface area contributed by atoms with Gasteiger partial charge in [-0.2, -0.15) is 10.0 Å². The molecule has 0 fully saturated rings. The molecule has 1 aromatic heterocycles. The summed E-state index contributed by atoms with van der Waals surface area (Å²) in [6, 6.07) is 35.9. The van der Waals surface area contributed by atoms with Gasteiger partial charge in [-0.1, -0.05) is 90.2 Å². The Bertz CT molecular complexity index is 1260. The van der Waals surface area contributed by atoms with E-state index in [0.29, 0.717) is 0 Å². The number of aromatic amines is 1. The van der Waals surface area contributed by atoms with Crippen molar-refractivity contribution in [2.75, 3.05) is 12.5 Å². The van der Waals surface area contributed by atoms with Gasteiger partial charge in [0.05, 0.1) is 0 Å². The Hall–Kier alpha value is -2.75. The number of fused-ring (bicyclic) bond motifs is 3. The minimum absolute atomic E-state index is 1.05. The average molecular weight is 440 g/mol. The average Bonchev–Trinajstić information content (AvgIpc) is 3.17. The fraction of sp³-hybridized carbons (Fsp3) is 0.143. The first-order chi connectivity index (χ1) is 14.9. The Balaban J connectivity index is 1.60. The van der Waals surface area contributed by atoms with Crippen molar-refractivity contribution in [3.63, 3.8) is 0 Å². The maximum Gasteiger partial charge on any atom is 0.112 e. The quantitative estimate of drug-likeness (QED) is 0.303. The molecule has 5 rings (SSSR count). The van der Waals surface area contributed by atoms with Crippen LogP contribution in [0.25, 0.3) is 21.8 Å². The Morgan fingerprint density at radius 3 is 1.84 bits per heavy atom. The molecule has 0 unspecified atom stereocenters. The van der Waals surface area contributed by atoms with Crippen LogP contribution in [0, 0.1) is 0 Å². The molecule has 1 nitrogen and oxygen atoms in total. The van der Waals surface area contributed by atoms with Gasteiger partial charge in [0, 0.05) is 21.8 Å². The normalized spacial score (nSPS) is 13.0. The fourth-order valence-electron chi connectivity index (χ4n) is 4.51. The van der Waals surface area contributed by atoms with Gasteiger partial charge in [-0.05, 0) is 52.6 Å². The van der Waals surface area contributed by atoms with E-state index < -0.39 is 18.1 Å². The lowest BCUT2D eigenvalue weighted by Crippen LogP contribution is -2.52. The van der Waals surface area contributed by atoms with Crippen molar-refractivity contribution < 1.29 is 0 Å². The SMILES string of the molecule is C[Si](C)(c1ccccc1)c1ccc2c(c1)[nH]c1cc(S(C)(C)c3ccccc3)ccc12. The first-order valence-electron chi connectivity index (χ1n) is 10.8. The van der Waals surface area contributed by atoms with Gasteiger partial charge < -0.3 is 4.98 Å². The zero-order chi connectivity index (χ0) is 21.6. The van der Waals surface area contributed by atoms with E-state index in [1.807, 2.05) is 0 Å². The highest BCUT2D eigenvalue weighted by atomic mass is 32.3. The summed E-state index contributed by atoms with van der Waals surface area (Å²) in [5.74, 6) is 0. The summed E-state index contributed by atoms with van der Waals surface area (Å²) in [5.41, 5.74) is 2.48. The standard InChI is InChI=1S/C28H29NSSi/c1-30(2,21-11-7-5-8-12-21)22-15-17-25-26-18-16-24(20-28(26)29-27(25)19-22)31(3,4)23-13-9-6-10-14-23/h5-20,29H,1-4H3. The number of aromatic nitrogens is 1. The molecule has 0 bridgehead atoms. The highest BCUT2D eigenvalue weighted by molar-refractivity contribution is 8.32. The second kappa shape index (κ2) is 7.43. The molecular weight excluding hydrogens is 410 g/mol. The van der Waals surface area contributed by atoms with E-state index in [9.17, 15) is 0 Å². The molecule has 0 amide bonds. The Kier molecular flexibility index (Phi) is 4.84. The number of benzene rings is 4. The van der Waals surface area contributed by atoms with Crippen LogP contribution in [0.3, 0.4) is 0 Å². The molecule has 0 saturated heterocycles. The van der Waals surface area contributed by atoms with Crippen molar-refractivity contribution in [1.82, 2.24) is 4.98 Å². The number of H-pyrrole nitrogens is 1. The van der Waals surface area contributed by atoms with Crippen molar-refractivity contribution in [2.45, 2.75) is 22.9 Å². The molecular formula is C28H29NSSi. The van der Waals surface area contributed by atoms with E-state index in [0.717, 1.165) is 0 Å². The van der Waals surface area contributed by atoms with Crippen molar-refractivity contribution in [3.05, 3.63) is 97.1 Å². The maximum atomic E-state index is 3.74. The summed E-state index contributed by atoms with van der Waals surface area (Å²) in [7, 11) is -2.77. The number of hydrogen-bond donors (Lipinski definition) is 1. The molecule has 31 heavy (non-hydrogen) atoms. The molecule has 0 aliphatic carbocycles. The molecule has 3 heteroatoms. The summed E-state index contributed by atoms with van der Waals surface area (Å²) in [6.07, 6.45) is 4.77. The second-order valence-electron chi connectivity index (χ2n) is 9.22. The highest BCUT2D eigenvalue weighted by Gasteiger charge is 2.26. The van der Waals surface area contributed by atoms with Crippen LogP contribution in [-0.2, 0) is 0 Å². The zero-order valence-corrected chi connectivity index (χ0v) is 20.5. The monoisotopic (exact) mass is 439 g/mol. The maximum absolute atomic E-state index is 3.74. The molecule has 0 saturated carbocycles. The van der Waals surface area contributed by atoms with Crippen molar-refractivity contribution in [3.8, 4) is 0 Å². The van der Waals surface area contributed by atoms with Crippen LogP contribution in [0.4, 0.5) is 0 Å². The first-order valence-corrected chi connectivity index (χ1v) is 16.2. The van der Waals surface area contributed by atoms with E-state index in [-0.39, 0.29) is 0 Å². The third kappa shape index (κ3) is 3.42. The Morgan fingerprint density at radius 1 is 0.581 bits per heavy atom. The molecule has 1 N–H and O–H groups in total. The minimum atomic E-state index is -1.72. The Morgan fingerprint density at radius 2 is 1.16 bits per heavy atom. The number of rotatable bonds is 4. The molecule has 5 aromatic rings. The largest absolute Gasteiger partial charge is 0.354 e. The van der Waals surface area contributed by atoms with Crippen LogP contribution in [-0.4, -0.2) is 25.6 Å². The van der Waals surface area contributed by atoms with Gasteiger partial charge in [-0.3, -0.25) is 0 Å². The van der Waals surface area contributed by atoms with Gasteiger partial charge in [0.2, 0.25) is 0 Å². The van der Waals surface area contributed by atoms with Gasteiger partial charge in [0.15, 0.2) is 0 Å². The lowest BCUT2D eigenvalue weighted by molar-refractivity contribution is 1.37. The summed E-state index contributed by atoms with van der Waals surface area (Å²) < 4.78 is 0. The predicted octanol–water partition coefficient (Wildman–Crippen LogP) is 6.63. The van der Waals surface area contributed by atoms with Gasteiger partial charge >= 0.3 is 0 Å². The lowest BCUT2D eigenvalue weighted by atomic mass is 10.1. The highest BCUT2D eigenvalue weighted by Crippen LogP contribution is 2.56. The second-order valence-corrected chi connectivity index (χ2v) is 17.2. The smallest absolute Gasteiger partial charge is 0.112 e. The van der Waals surface area contributed by atoms with Gasteiger partial charge in [-0.25, -0.2) is 0 Å². The molecule has 0 atom stereocenters. The molecule has 1 heterocycles. The summed E-state index contributed by atoms with van der Waals surface area (Å²) in [4.78, 5) is 6.58. The summed E-state index contributed by atoms with van der Waals surface area (Å²) in [6.45, 7) is 4.88. The molecule has 4 aromatic carbocycles. The van der Waals surface area contributed by atoms with Crippen molar-refractivity contribution >= 4 is 50.3 Å². The first kappa shape index (κ1) is 20.2.